The Balaban J connectivity index is 2.35. The maximum absolute atomic E-state index is 6.01. The first-order valence-corrected chi connectivity index (χ1v) is 8.86. The molecule has 0 aromatic heterocycles. The number of rotatable bonds is 8. The maximum atomic E-state index is 6.01. The summed E-state index contributed by atoms with van der Waals surface area (Å²) in [5.41, 5.74) is 1.38. The molecule has 0 heterocycles. The van der Waals surface area contributed by atoms with Gasteiger partial charge in [0.15, 0.2) is 0 Å². The van der Waals surface area contributed by atoms with Crippen molar-refractivity contribution in [3.05, 3.63) is 34.9 Å². The fourth-order valence-corrected chi connectivity index (χ4v) is 3.18. The van der Waals surface area contributed by atoms with E-state index >= 15 is 0 Å². The summed E-state index contributed by atoms with van der Waals surface area (Å²) in [5.74, 6) is 1.74. The van der Waals surface area contributed by atoms with Crippen LogP contribution in [0.3, 0.4) is 0 Å². The third-order valence-corrected chi connectivity index (χ3v) is 5.19. The van der Waals surface area contributed by atoms with E-state index in [-0.39, 0.29) is 0 Å². The van der Waals surface area contributed by atoms with Crippen molar-refractivity contribution in [1.82, 2.24) is 0 Å². The molecule has 2 unspecified atom stereocenters. The molecule has 102 valence electrons. The Morgan fingerprint density at radius 1 is 1.22 bits per heavy atom. The minimum absolute atomic E-state index is 0.859. The number of aryl methyl sites for hydroxylation is 1. The van der Waals surface area contributed by atoms with E-state index in [4.69, 9.17) is 11.6 Å². The van der Waals surface area contributed by atoms with Crippen molar-refractivity contribution in [3.8, 4) is 0 Å². The lowest BCUT2D eigenvalue weighted by molar-refractivity contribution is 0.414. The minimum atomic E-state index is 0.859. The predicted octanol–water partition coefficient (Wildman–Crippen LogP) is 6.15. The Morgan fingerprint density at radius 3 is 2.61 bits per heavy atom. The molecule has 0 amide bonds. The van der Waals surface area contributed by atoms with Crippen LogP contribution < -0.4 is 0 Å². The van der Waals surface area contributed by atoms with Gasteiger partial charge in [0.1, 0.15) is 0 Å². The quantitative estimate of drug-likeness (QED) is 0.376. The topological polar surface area (TPSA) is 0 Å². The molecule has 0 radical (unpaired) electrons. The van der Waals surface area contributed by atoms with Crippen LogP contribution in [-0.4, -0.2) is 4.43 Å². The van der Waals surface area contributed by atoms with Gasteiger partial charge in [0.25, 0.3) is 0 Å². The predicted molar refractivity (Wildman–Crippen MR) is 90.8 cm³/mol. The average molecular weight is 379 g/mol. The average Bonchev–Trinajstić information content (AvgIpc) is 2.38. The van der Waals surface area contributed by atoms with Gasteiger partial charge in [0.2, 0.25) is 0 Å². The summed E-state index contributed by atoms with van der Waals surface area (Å²) >= 11 is 8.55. The molecule has 2 heteroatoms. The van der Waals surface area contributed by atoms with Crippen LogP contribution in [0, 0.1) is 11.8 Å². The van der Waals surface area contributed by atoms with E-state index in [0.29, 0.717) is 0 Å². The lowest BCUT2D eigenvalue weighted by atomic mass is 9.92. The Hall–Kier alpha value is 0.240. The lowest BCUT2D eigenvalue weighted by Gasteiger charge is -2.16. The second kappa shape index (κ2) is 9.19. The van der Waals surface area contributed by atoms with E-state index in [1.165, 1.54) is 35.7 Å². The van der Waals surface area contributed by atoms with Gasteiger partial charge in [0.05, 0.1) is 0 Å². The third kappa shape index (κ3) is 6.42. The molecule has 0 saturated carbocycles. The first-order chi connectivity index (χ1) is 8.65. The molecule has 0 bridgehead atoms. The van der Waals surface area contributed by atoms with E-state index < -0.39 is 0 Å². The van der Waals surface area contributed by atoms with E-state index in [0.717, 1.165) is 23.3 Å². The summed E-state index contributed by atoms with van der Waals surface area (Å²) in [6, 6.07) is 8.28. The van der Waals surface area contributed by atoms with Crippen molar-refractivity contribution in [2.24, 2.45) is 11.8 Å². The zero-order valence-electron chi connectivity index (χ0n) is 11.5. The zero-order chi connectivity index (χ0) is 13.4. The van der Waals surface area contributed by atoms with Crippen LogP contribution in [0.1, 0.15) is 45.1 Å². The minimum Gasteiger partial charge on any atom is -0.0861 e. The Kier molecular flexibility index (Phi) is 8.32. The smallest absolute Gasteiger partial charge is 0.0408 e. The van der Waals surface area contributed by atoms with Crippen LogP contribution in [0.2, 0.25) is 5.02 Å². The molecule has 2 atom stereocenters. The number of halogens is 2. The van der Waals surface area contributed by atoms with Crippen LogP contribution in [-0.2, 0) is 6.42 Å². The van der Waals surface area contributed by atoms with Crippen molar-refractivity contribution < 1.29 is 0 Å². The van der Waals surface area contributed by atoms with E-state index in [9.17, 15) is 0 Å². The zero-order valence-corrected chi connectivity index (χ0v) is 14.4. The number of alkyl halides is 1. The molecule has 0 N–H and O–H groups in total. The van der Waals surface area contributed by atoms with Crippen molar-refractivity contribution in [2.75, 3.05) is 4.43 Å². The number of hydrogen-bond donors (Lipinski definition) is 0. The van der Waals surface area contributed by atoms with Crippen LogP contribution in [0.25, 0.3) is 0 Å². The van der Waals surface area contributed by atoms with Crippen LogP contribution in [0.4, 0.5) is 0 Å². The number of benzene rings is 1. The highest BCUT2D eigenvalue weighted by Crippen LogP contribution is 2.22. The van der Waals surface area contributed by atoms with Gasteiger partial charge in [-0.05, 0) is 48.8 Å². The summed E-state index contributed by atoms with van der Waals surface area (Å²) < 4.78 is 1.27. The molecule has 1 aromatic carbocycles. The molecule has 18 heavy (non-hydrogen) atoms. The molecule has 0 nitrogen and oxygen atoms in total. The molecule has 1 aromatic rings. The van der Waals surface area contributed by atoms with Gasteiger partial charge in [-0.25, -0.2) is 0 Å². The second-order valence-corrected chi connectivity index (χ2v) is 6.60. The van der Waals surface area contributed by atoms with Gasteiger partial charge in [-0.3, -0.25) is 0 Å². The molecule has 0 aliphatic rings. The highest BCUT2D eigenvalue weighted by atomic mass is 127. The molecular weight excluding hydrogens is 355 g/mol. The molecule has 0 aliphatic heterocycles. The first kappa shape index (κ1) is 16.3. The van der Waals surface area contributed by atoms with E-state index in [2.05, 4.69) is 54.6 Å². The summed E-state index contributed by atoms with van der Waals surface area (Å²) in [6.07, 6.45) is 6.51. The van der Waals surface area contributed by atoms with Crippen LogP contribution in [0.15, 0.2) is 24.3 Å². The van der Waals surface area contributed by atoms with Gasteiger partial charge < -0.3 is 0 Å². The summed E-state index contributed by atoms with van der Waals surface area (Å²) in [6.45, 7) is 4.65. The molecule has 0 fully saturated rings. The van der Waals surface area contributed by atoms with Crippen LogP contribution >= 0.6 is 34.2 Å². The number of hydrogen-bond acceptors (Lipinski definition) is 0. The molecule has 1 rings (SSSR count). The Morgan fingerprint density at radius 2 is 2.00 bits per heavy atom. The third-order valence-electron chi connectivity index (χ3n) is 3.71. The van der Waals surface area contributed by atoms with E-state index in [1.54, 1.807) is 0 Å². The Labute approximate surface area is 131 Å². The molecule has 0 aliphatic carbocycles. The normalized spacial score (nSPS) is 14.4. The second-order valence-electron chi connectivity index (χ2n) is 5.28. The monoisotopic (exact) mass is 378 g/mol. The van der Waals surface area contributed by atoms with E-state index in [1.807, 2.05) is 6.07 Å². The van der Waals surface area contributed by atoms with Gasteiger partial charge in [0, 0.05) is 9.45 Å². The van der Waals surface area contributed by atoms with Gasteiger partial charge >= 0.3 is 0 Å². The highest BCUT2D eigenvalue weighted by molar-refractivity contribution is 14.1. The lowest BCUT2D eigenvalue weighted by Crippen LogP contribution is -2.06. The standard InChI is InChI=1S/C16H24ClI/c1-3-13(2)7-8-15(12-18)10-9-14-5-4-6-16(17)11-14/h4-6,11,13,15H,3,7-10,12H2,1-2H3. The van der Waals surface area contributed by atoms with Gasteiger partial charge in [-0.2, -0.15) is 0 Å². The largest absolute Gasteiger partial charge is 0.0861 e. The maximum Gasteiger partial charge on any atom is 0.0408 e. The van der Waals surface area contributed by atoms with Crippen molar-refractivity contribution in [3.63, 3.8) is 0 Å². The summed E-state index contributed by atoms with van der Waals surface area (Å²) in [5, 5.41) is 0.859. The summed E-state index contributed by atoms with van der Waals surface area (Å²) in [7, 11) is 0. The molecule has 0 spiro atoms. The highest BCUT2D eigenvalue weighted by Gasteiger charge is 2.09. The summed E-state index contributed by atoms with van der Waals surface area (Å²) in [4.78, 5) is 0. The van der Waals surface area contributed by atoms with Crippen molar-refractivity contribution in [2.45, 2.75) is 46.0 Å². The van der Waals surface area contributed by atoms with Crippen LogP contribution in [0.5, 0.6) is 0 Å². The first-order valence-electron chi connectivity index (χ1n) is 6.96. The SMILES string of the molecule is CCC(C)CCC(CI)CCc1cccc(Cl)c1. The van der Waals surface area contributed by atoms with Gasteiger partial charge in [-0.15, -0.1) is 0 Å². The molecule has 0 saturated heterocycles. The fraction of sp³-hybridized carbons (Fsp3) is 0.625. The van der Waals surface area contributed by atoms with Gasteiger partial charge in [-0.1, -0.05) is 73.0 Å². The fourth-order valence-electron chi connectivity index (χ4n) is 2.09. The van der Waals surface area contributed by atoms with Crippen molar-refractivity contribution in [1.29, 1.82) is 0 Å². The Bertz CT molecular complexity index is 338. The van der Waals surface area contributed by atoms with Crippen molar-refractivity contribution >= 4 is 34.2 Å². The molecular formula is C16H24ClI.